The molecule has 0 radical (unpaired) electrons. The number of ether oxygens (including phenoxy) is 10. The molecule has 0 rings (SSSR count). The van der Waals surface area contributed by atoms with E-state index >= 15 is 0 Å². The molecule has 0 aromatic rings. The topological polar surface area (TPSA) is 259 Å². The van der Waals surface area contributed by atoms with Crippen LogP contribution in [-0.2, 0) is 71.3 Å². The van der Waals surface area contributed by atoms with E-state index in [4.69, 9.17) is 53.2 Å². The Morgan fingerprint density at radius 2 is 1.19 bits per heavy atom. The highest BCUT2D eigenvalue weighted by atomic mass is 32.2. The molecule has 462 valence electrons. The molecule has 0 aliphatic carbocycles. The van der Waals surface area contributed by atoms with Crippen LogP contribution < -0.4 is 0 Å². The summed E-state index contributed by atoms with van der Waals surface area (Å²) in [6.07, 6.45) is 11.9. The van der Waals surface area contributed by atoms with Crippen molar-refractivity contribution in [2.24, 2.45) is 23.2 Å². The van der Waals surface area contributed by atoms with Crippen LogP contribution >= 0.6 is 24.4 Å². The SMILES string of the molecule is C=C(C)C(=O)OC.C=CC(=O)OCC(CC)CCCC.C=CC(=O)OCCOCCOCC.CCCCCC(CC)OCC(CC(C)C(=O)OCCOCCOCC)CC(C)(CSCC(O)CO)C(=O)OC.OCC(O)CS. The second kappa shape index (κ2) is 61.5. The molecule has 78 heavy (non-hydrogen) atoms. The van der Waals surface area contributed by atoms with Crippen LogP contribution in [0.5, 0.6) is 0 Å². The number of hydrogen-bond donors (Lipinski definition) is 5. The predicted molar refractivity (Wildman–Crippen MR) is 312 cm³/mol. The van der Waals surface area contributed by atoms with Crippen molar-refractivity contribution in [3.8, 4) is 0 Å². The van der Waals surface area contributed by atoms with E-state index in [0.717, 1.165) is 44.6 Å². The van der Waals surface area contributed by atoms with E-state index in [1.807, 2.05) is 27.7 Å². The van der Waals surface area contributed by atoms with Gasteiger partial charge in [-0.1, -0.05) is 92.9 Å². The maximum atomic E-state index is 12.9. The third-order valence-corrected chi connectivity index (χ3v) is 12.9. The van der Waals surface area contributed by atoms with Crippen molar-refractivity contribution in [2.75, 3.05) is 124 Å². The number of unbranched alkanes of at least 4 members (excludes halogenated alkanes) is 3. The minimum Gasteiger partial charge on any atom is -0.469 e. The van der Waals surface area contributed by atoms with Crippen LogP contribution in [0.15, 0.2) is 37.5 Å². The molecular formula is C57H108O19S2. The van der Waals surface area contributed by atoms with E-state index in [1.165, 1.54) is 51.3 Å². The molecule has 0 bridgehead atoms. The fourth-order valence-electron chi connectivity index (χ4n) is 6.38. The summed E-state index contributed by atoms with van der Waals surface area (Å²) in [6.45, 7) is 32.7. The lowest BCUT2D eigenvalue weighted by Gasteiger charge is -2.32. The van der Waals surface area contributed by atoms with Crippen molar-refractivity contribution in [3.05, 3.63) is 37.5 Å². The lowest BCUT2D eigenvalue weighted by molar-refractivity contribution is -0.152. The van der Waals surface area contributed by atoms with Crippen molar-refractivity contribution >= 4 is 54.2 Å². The van der Waals surface area contributed by atoms with Crippen molar-refractivity contribution in [3.63, 3.8) is 0 Å². The van der Waals surface area contributed by atoms with Crippen LogP contribution in [0, 0.1) is 23.2 Å². The monoisotopic (exact) mass is 1160 g/mol. The van der Waals surface area contributed by atoms with E-state index in [0.29, 0.717) is 108 Å². The maximum Gasteiger partial charge on any atom is 0.332 e. The molecule has 0 aliphatic rings. The van der Waals surface area contributed by atoms with Crippen molar-refractivity contribution < 1.29 is 91.8 Å². The van der Waals surface area contributed by atoms with Crippen LogP contribution in [-0.4, -0.2) is 193 Å². The number of thioether (sulfide) groups is 1. The number of methoxy groups -OCH3 is 2. The highest BCUT2D eigenvalue weighted by Crippen LogP contribution is 2.35. The van der Waals surface area contributed by atoms with E-state index < -0.39 is 23.6 Å². The Labute approximate surface area is 480 Å². The first-order valence-corrected chi connectivity index (χ1v) is 29.3. The minimum atomic E-state index is -0.845. The van der Waals surface area contributed by atoms with Gasteiger partial charge in [-0.3, -0.25) is 9.59 Å². The second-order valence-corrected chi connectivity index (χ2v) is 19.6. The molecule has 0 aromatic carbocycles. The van der Waals surface area contributed by atoms with E-state index in [-0.39, 0.29) is 68.2 Å². The van der Waals surface area contributed by atoms with Gasteiger partial charge in [0.1, 0.15) is 13.2 Å². The molecule has 0 aromatic heterocycles. The number of esters is 5. The van der Waals surface area contributed by atoms with E-state index in [9.17, 15) is 29.1 Å². The average molecular weight is 1160 g/mol. The molecule has 19 nitrogen and oxygen atoms in total. The zero-order valence-corrected chi connectivity index (χ0v) is 51.5. The average Bonchev–Trinajstić information content (AvgIpc) is 3.44. The summed E-state index contributed by atoms with van der Waals surface area (Å²) < 4.78 is 51.6. The van der Waals surface area contributed by atoms with Crippen molar-refractivity contribution in [2.45, 2.75) is 151 Å². The number of aliphatic hydroxyl groups is 4. The van der Waals surface area contributed by atoms with Crippen LogP contribution in [0.3, 0.4) is 0 Å². The van der Waals surface area contributed by atoms with Crippen molar-refractivity contribution in [1.29, 1.82) is 0 Å². The van der Waals surface area contributed by atoms with Gasteiger partial charge in [0.2, 0.25) is 0 Å². The summed E-state index contributed by atoms with van der Waals surface area (Å²) in [5.41, 5.74) is -0.410. The van der Waals surface area contributed by atoms with Crippen LogP contribution in [0.1, 0.15) is 133 Å². The van der Waals surface area contributed by atoms with Gasteiger partial charge in [-0.25, -0.2) is 14.4 Å². The highest BCUT2D eigenvalue weighted by Gasteiger charge is 2.38. The van der Waals surface area contributed by atoms with Crippen LogP contribution in [0.2, 0.25) is 0 Å². The summed E-state index contributed by atoms with van der Waals surface area (Å²) >= 11 is 5.09. The quantitative estimate of drug-likeness (QED) is 0.0127. The Morgan fingerprint density at radius 1 is 0.667 bits per heavy atom. The third-order valence-electron chi connectivity index (χ3n) is 11.0. The van der Waals surface area contributed by atoms with Crippen LogP contribution in [0.25, 0.3) is 0 Å². The Bertz CT molecular complexity index is 1450. The van der Waals surface area contributed by atoms with E-state index in [1.54, 1.807) is 6.92 Å². The smallest absolute Gasteiger partial charge is 0.332 e. The van der Waals surface area contributed by atoms with Gasteiger partial charge in [0.15, 0.2) is 0 Å². The van der Waals surface area contributed by atoms with Gasteiger partial charge >= 0.3 is 29.8 Å². The standard InChI is InChI=1S/C29H56O9S.C11H20O2.C9H16O4.C5H8O2.C3H8O2S/c1-7-10-11-12-26(8-2)38-20-24(17-23(4)27(32)37-16-15-36-14-13-35-9-3)18-29(5,28(33)34-6)22-39-21-25(31)19-30;1-4-7-8-10(5-2)9-13-11(12)6-3;1-3-9(10)13-8-7-12-6-5-11-4-2;1-4(2)5(6)7-3;4-1-3(5)2-6/h23-26,30-31H,7-22H2,1-6H3;6,10H,3-5,7-9H2,1-2H3;3H,1,4-8H2,2H3;1H2,2-3H3;3-6H,1-2H2. The number of aliphatic hydroxyl groups excluding tert-OH is 4. The minimum absolute atomic E-state index is 0.0808. The molecule has 4 N–H and O–H groups in total. The Morgan fingerprint density at radius 3 is 1.62 bits per heavy atom. The molecule has 7 unspecified atom stereocenters. The first-order chi connectivity index (χ1) is 37.2. The zero-order valence-electron chi connectivity index (χ0n) is 49.8. The number of carbonyl (C=O) groups excluding carboxylic acids is 5. The van der Waals surface area contributed by atoms with Gasteiger partial charge in [-0.2, -0.15) is 24.4 Å². The first-order valence-electron chi connectivity index (χ1n) is 27.5. The number of rotatable bonds is 44. The lowest BCUT2D eigenvalue weighted by Crippen LogP contribution is -2.37. The second-order valence-electron chi connectivity index (χ2n) is 18.2. The molecule has 0 amide bonds. The van der Waals surface area contributed by atoms with Crippen molar-refractivity contribution in [1.82, 2.24) is 0 Å². The molecule has 0 heterocycles. The molecule has 21 heteroatoms. The number of carbonyl (C=O) groups is 5. The zero-order chi connectivity index (χ0) is 60.4. The van der Waals surface area contributed by atoms with Gasteiger partial charge in [0.05, 0.1) is 103 Å². The summed E-state index contributed by atoms with van der Waals surface area (Å²) in [5, 5.41) is 35.3. The Balaban J connectivity index is -0.000000364. The normalized spacial score (nSPS) is 13.5. The molecule has 7 atom stereocenters. The third kappa shape index (κ3) is 56.2. The largest absolute Gasteiger partial charge is 0.469 e. The van der Waals surface area contributed by atoms with Gasteiger partial charge in [0.25, 0.3) is 0 Å². The number of hydrogen-bond acceptors (Lipinski definition) is 21. The molecule has 0 saturated carbocycles. The fraction of sp³-hybridized carbons (Fsp3) is 0.807. The molecule has 0 fully saturated rings. The first kappa shape index (κ1) is 83.7. The Kier molecular flexibility index (Phi) is 66.0. The van der Waals surface area contributed by atoms with Gasteiger partial charge < -0.3 is 67.8 Å². The molecule has 0 spiro atoms. The lowest BCUT2D eigenvalue weighted by atomic mass is 9.79. The highest BCUT2D eigenvalue weighted by molar-refractivity contribution is 7.99. The Hall–Kier alpha value is -3.09. The summed E-state index contributed by atoms with van der Waals surface area (Å²) in [5.74, 6) is -0.607. The van der Waals surface area contributed by atoms with Gasteiger partial charge in [-0.05, 0) is 71.6 Å². The summed E-state index contributed by atoms with van der Waals surface area (Å²) in [4.78, 5) is 57.1. The molecule has 0 aliphatic heterocycles. The van der Waals surface area contributed by atoms with E-state index in [2.05, 4.69) is 69.5 Å². The summed E-state index contributed by atoms with van der Waals surface area (Å²) in [6, 6.07) is 0. The summed E-state index contributed by atoms with van der Waals surface area (Å²) in [7, 11) is 2.70. The number of thiol groups is 1. The molecular weight excluding hydrogens is 1050 g/mol. The fourth-order valence-corrected chi connectivity index (χ4v) is 7.68. The maximum absolute atomic E-state index is 12.9. The molecule has 0 saturated heterocycles. The van der Waals surface area contributed by atoms with Gasteiger partial charge in [0, 0.05) is 54.8 Å². The van der Waals surface area contributed by atoms with Gasteiger partial charge in [-0.15, -0.1) is 0 Å². The predicted octanol–water partition coefficient (Wildman–Crippen LogP) is 7.96. The van der Waals surface area contributed by atoms with Crippen LogP contribution in [0.4, 0.5) is 0 Å².